The Morgan fingerprint density at radius 3 is 2.67 bits per heavy atom. The molecule has 5 heteroatoms. The van der Waals surface area contributed by atoms with Crippen molar-refractivity contribution in [1.82, 2.24) is 10.3 Å². The number of amides is 1. The predicted octanol–water partition coefficient (Wildman–Crippen LogP) is 2.77. The topological polar surface area (TPSA) is 68.0 Å². The maximum absolute atomic E-state index is 12.1. The number of hydrogen-bond acceptors (Lipinski definition) is 3. The van der Waals surface area contributed by atoms with E-state index in [-0.39, 0.29) is 17.1 Å². The molecule has 1 heterocycles. The Morgan fingerprint density at radius 2 is 2.00 bits per heavy atom. The van der Waals surface area contributed by atoms with Crippen LogP contribution in [0.5, 0.6) is 0 Å². The van der Waals surface area contributed by atoms with Crippen LogP contribution in [-0.2, 0) is 0 Å². The van der Waals surface area contributed by atoms with Crippen LogP contribution >= 0.6 is 11.6 Å². The smallest absolute Gasteiger partial charge is 0.254 e. The standard InChI is InChI=1S/C13H18ClN3O/c14-12-11(7-9(15)8-16-12)13(18)17-10-5-3-1-2-4-6-10/h7-8,10H,1-6,15H2,(H,17,18). The zero-order valence-corrected chi connectivity index (χ0v) is 11.0. The van der Waals surface area contributed by atoms with Gasteiger partial charge in [0.15, 0.2) is 0 Å². The molecule has 18 heavy (non-hydrogen) atoms. The summed E-state index contributed by atoms with van der Waals surface area (Å²) >= 11 is 5.91. The minimum absolute atomic E-state index is 0.174. The number of anilines is 1. The molecule has 1 fully saturated rings. The van der Waals surface area contributed by atoms with Crippen molar-refractivity contribution in [3.63, 3.8) is 0 Å². The average molecular weight is 268 g/mol. The van der Waals surface area contributed by atoms with E-state index in [1.165, 1.54) is 31.9 Å². The van der Waals surface area contributed by atoms with Gasteiger partial charge in [0.2, 0.25) is 0 Å². The van der Waals surface area contributed by atoms with Crippen LogP contribution in [0, 0.1) is 0 Å². The van der Waals surface area contributed by atoms with E-state index >= 15 is 0 Å². The van der Waals surface area contributed by atoms with Gasteiger partial charge in [0.05, 0.1) is 17.4 Å². The number of aromatic nitrogens is 1. The first-order valence-corrected chi connectivity index (χ1v) is 6.76. The van der Waals surface area contributed by atoms with Gasteiger partial charge in [-0.05, 0) is 18.9 Å². The molecule has 2 rings (SSSR count). The number of nitrogens with zero attached hydrogens (tertiary/aromatic N) is 1. The third-order valence-electron chi connectivity index (χ3n) is 3.30. The van der Waals surface area contributed by atoms with E-state index in [0.29, 0.717) is 11.3 Å². The van der Waals surface area contributed by atoms with Crippen LogP contribution in [0.4, 0.5) is 5.69 Å². The zero-order chi connectivity index (χ0) is 13.0. The summed E-state index contributed by atoms with van der Waals surface area (Å²) in [6, 6.07) is 1.82. The highest BCUT2D eigenvalue weighted by Gasteiger charge is 2.18. The summed E-state index contributed by atoms with van der Waals surface area (Å²) in [5.74, 6) is -0.174. The van der Waals surface area contributed by atoms with E-state index in [1.54, 1.807) is 6.07 Å². The summed E-state index contributed by atoms with van der Waals surface area (Å²) in [4.78, 5) is 16.0. The predicted molar refractivity (Wildman–Crippen MR) is 72.6 cm³/mol. The second-order valence-electron chi connectivity index (χ2n) is 4.77. The van der Waals surface area contributed by atoms with E-state index in [0.717, 1.165) is 12.8 Å². The Balaban J connectivity index is 2.04. The molecule has 0 saturated heterocycles. The Hall–Kier alpha value is -1.29. The van der Waals surface area contributed by atoms with Crippen LogP contribution in [0.1, 0.15) is 48.9 Å². The molecule has 0 spiro atoms. The fraction of sp³-hybridized carbons (Fsp3) is 0.538. The molecule has 1 aliphatic rings. The van der Waals surface area contributed by atoms with Gasteiger partial charge in [-0.3, -0.25) is 4.79 Å². The van der Waals surface area contributed by atoms with Crippen molar-refractivity contribution in [2.45, 2.75) is 44.6 Å². The molecular formula is C13H18ClN3O. The molecule has 3 N–H and O–H groups in total. The lowest BCUT2D eigenvalue weighted by atomic mass is 10.1. The SMILES string of the molecule is Nc1cnc(Cl)c(C(=O)NC2CCCCCC2)c1. The molecule has 0 radical (unpaired) electrons. The van der Waals surface area contributed by atoms with E-state index < -0.39 is 0 Å². The van der Waals surface area contributed by atoms with Gasteiger partial charge in [-0.15, -0.1) is 0 Å². The van der Waals surface area contributed by atoms with E-state index in [9.17, 15) is 4.79 Å². The number of nitrogens with one attached hydrogen (secondary N) is 1. The van der Waals surface area contributed by atoms with Crippen molar-refractivity contribution >= 4 is 23.2 Å². The fourth-order valence-corrected chi connectivity index (χ4v) is 2.50. The number of carbonyl (C=O) groups is 1. The van der Waals surface area contributed by atoms with Gasteiger partial charge in [-0.25, -0.2) is 4.98 Å². The lowest BCUT2D eigenvalue weighted by molar-refractivity contribution is 0.0933. The summed E-state index contributed by atoms with van der Waals surface area (Å²) in [6.07, 6.45) is 8.39. The molecule has 1 aliphatic carbocycles. The molecule has 0 unspecified atom stereocenters. The average Bonchev–Trinajstić information content (AvgIpc) is 2.61. The van der Waals surface area contributed by atoms with Crippen LogP contribution in [0.25, 0.3) is 0 Å². The first-order valence-electron chi connectivity index (χ1n) is 6.38. The first-order chi connectivity index (χ1) is 8.66. The number of nitrogen functional groups attached to an aromatic ring is 1. The monoisotopic (exact) mass is 267 g/mol. The number of nitrogens with two attached hydrogens (primary N) is 1. The minimum atomic E-state index is -0.174. The highest BCUT2D eigenvalue weighted by molar-refractivity contribution is 6.32. The van der Waals surface area contributed by atoms with Crippen molar-refractivity contribution in [2.24, 2.45) is 0 Å². The second-order valence-corrected chi connectivity index (χ2v) is 5.13. The third kappa shape index (κ3) is 3.35. The molecule has 1 amide bonds. The quantitative estimate of drug-likeness (QED) is 0.639. The zero-order valence-electron chi connectivity index (χ0n) is 10.3. The van der Waals surface area contributed by atoms with E-state index in [4.69, 9.17) is 17.3 Å². The van der Waals surface area contributed by atoms with Crippen molar-refractivity contribution in [3.05, 3.63) is 23.0 Å². The molecule has 0 aromatic carbocycles. The van der Waals surface area contributed by atoms with Crippen LogP contribution < -0.4 is 11.1 Å². The number of hydrogen-bond donors (Lipinski definition) is 2. The highest BCUT2D eigenvalue weighted by Crippen LogP contribution is 2.19. The van der Waals surface area contributed by atoms with Gasteiger partial charge >= 0.3 is 0 Å². The maximum atomic E-state index is 12.1. The molecule has 98 valence electrons. The minimum Gasteiger partial charge on any atom is -0.397 e. The summed E-state index contributed by atoms with van der Waals surface area (Å²) in [5.41, 5.74) is 6.43. The fourth-order valence-electron chi connectivity index (χ4n) is 2.31. The number of rotatable bonds is 2. The summed E-state index contributed by atoms with van der Waals surface area (Å²) in [6.45, 7) is 0. The third-order valence-corrected chi connectivity index (χ3v) is 3.60. The van der Waals surface area contributed by atoms with Crippen LogP contribution in [0.15, 0.2) is 12.3 Å². The summed E-state index contributed by atoms with van der Waals surface area (Å²) in [5, 5.41) is 3.23. The molecule has 1 aromatic heterocycles. The van der Waals surface area contributed by atoms with Gasteiger partial charge in [0.25, 0.3) is 5.91 Å². The van der Waals surface area contributed by atoms with Gasteiger partial charge in [-0.2, -0.15) is 0 Å². The Kier molecular flexibility index (Phi) is 4.42. The highest BCUT2D eigenvalue weighted by atomic mass is 35.5. The Bertz CT molecular complexity index is 428. The summed E-state index contributed by atoms with van der Waals surface area (Å²) in [7, 11) is 0. The van der Waals surface area contributed by atoms with Crippen LogP contribution in [-0.4, -0.2) is 16.9 Å². The van der Waals surface area contributed by atoms with Crippen molar-refractivity contribution in [2.75, 3.05) is 5.73 Å². The van der Waals surface area contributed by atoms with Gasteiger partial charge in [0.1, 0.15) is 5.15 Å². The lowest BCUT2D eigenvalue weighted by Gasteiger charge is -2.16. The Labute approximate surface area is 112 Å². The first kappa shape index (κ1) is 13.1. The lowest BCUT2D eigenvalue weighted by Crippen LogP contribution is -2.34. The van der Waals surface area contributed by atoms with E-state index in [2.05, 4.69) is 10.3 Å². The second kappa shape index (κ2) is 6.05. The molecule has 1 saturated carbocycles. The van der Waals surface area contributed by atoms with Gasteiger partial charge in [0, 0.05) is 6.04 Å². The van der Waals surface area contributed by atoms with Crippen molar-refractivity contribution < 1.29 is 4.79 Å². The number of pyridine rings is 1. The summed E-state index contributed by atoms with van der Waals surface area (Å²) < 4.78 is 0. The van der Waals surface area contributed by atoms with Gasteiger partial charge < -0.3 is 11.1 Å². The maximum Gasteiger partial charge on any atom is 0.254 e. The van der Waals surface area contributed by atoms with Crippen molar-refractivity contribution in [1.29, 1.82) is 0 Å². The molecule has 4 nitrogen and oxygen atoms in total. The Morgan fingerprint density at radius 1 is 1.33 bits per heavy atom. The number of halogens is 1. The molecule has 1 aromatic rings. The molecule has 0 atom stereocenters. The molecular weight excluding hydrogens is 250 g/mol. The van der Waals surface area contributed by atoms with Gasteiger partial charge in [-0.1, -0.05) is 37.3 Å². The molecule has 0 aliphatic heterocycles. The number of carbonyl (C=O) groups excluding carboxylic acids is 1. The largest absolute Gasteiger partial charge is 0.397 e. The normalized spacial score (nSPS) is 17.2. The van der Waals surface area contributed by atoms with E-state index in [1.807, 2.05) is 0 Å². The van der Waals surface area contributed by atoms with Crippen molar-refractivity contribution in [3.8, 4) is 0 Å². The molecule has 0 bridgehead atoms. The van der Waals surface area contributed by atoms with Crippen LogP contribution in [0.2, 0.25) is 5.15 Å². The van der Waals surface area contributed by atoms with Crippen LogP contribution in [0.3, 0.4) is 0 Å².